The molecule has 0 unspecified atom stereocenters. The van der Waals surface area contributed by atoms with E-state index in [1.54, 1.807) is 13.8 Å². The van der Waals surface area contributed by atoms with Gasteiger partial charge in [-0.05, 0) is 32.9 Å². The number of carbonyl (C=O) groups excluding carboxylic acids is 2. The van der Waals surface area contributed by atoms with Crippen LogP contribution in [0.2, 0.25) is 0 Å². The molecule has 2 aromatic rings. The molecule has 142 valence electrons. The summed E-state index contributed by atoms with van der Waals surface area (Å²) in [7, 11) is 0. The Bertz CT molecular complexity index is 872. The van der Waals surface area contributed by atoms with Crippen molar-refractivity contribution in [3.05, 3.63) is 41.3 Å². The summed E-state index contributed by atoms with van der Waals surface area (Å²) in [6.07, 6.45) is -0.245. The Labute approximate surface area is 161 Å². The fourth-order valence-corrected chi connectivity index (χ4v) is 3.77. The maximum absolute atomic E-state index is 12.2. The van der Waals surface area contributed by atoms with E-state index in [1.807, 2.05) is 24.3 Å². The number of para-hydroxylation sites is 2. The van der Waals surface area contributed by atoms with Crippen molar-refractivity contribution in [2.24, 2.45) is 0 Å². The van der Waals surface area contributed by atoms with Gasteiger partial charge in [-0.1, -0.05) is 23.9 Å². The molecule has 1 aliphatic heterocycles. The van der Waals surface area contributed by atoms with E-state index >= 15 is 0 Å². The summed E-state index contributed by atoms with van der Waals surface area (Å²) in [6.45, 7) is 5.73. The van der Waals surface area contributed by atoms with E-state index in [9.17, 15) is 9.59 Å². The minimum Gasteiger partial charge on any atom is -0.486 e. The second kappa shape index (κ2) is 8.39. The van der Waals surface area contributed by atoms with Crippen molar-refractivity contribution in [2.75, 3.05) is 18.9 Å². The number of nitrogens with one attached hydrogen (secondary N) is 1. The number of aryl methyl sites for hydroxylation is 2. The molecule has 1 atom stereocenters. The van der Waals surface area contributed by atoms with E-state index < -0.39 is 0 Å². The number of rotatable bonds is 6. The number of aromatic nitrogens is 2. The fraction of sp³-hybridized carbons (Fsp3) is 0.368. The molecule has 1 aliphatic rings. The van der Waals surface area contributed by atoms with Crippen LogP contribution in [0, 0.1) is 13.8 Å². The van der Waals surface area contributed by atoms with E-state index in [4.69, 9.17) is 9.47 Å². The molecule has 1 N–H and O–H groups in total. The van der Waals surface area contributed by atoms with E-state index in [2.05, 4.69) is 15.3 Å². The number of carbonyl (C=O) groups is 2. The number of hydrogen-bond acceptors (Lipinski definition) is 7. The largest absolute Gasteiger partial charge is 0.486 e. The van der Waals surface area contributed by atoms with Gasteiger partial charge in [0.05, 0.1) is 23.6 Å². The van der Waals surface area contributed by atoms with Crippen molar-refractivity contribution in [2.45, 2.75) is 31.9 Å². The molecule has 0 radical (unpaired) electrons. The molecule has 0 aliphatic carbocycles. The van der Waals surface area contributed by atoms with Crippen molar-refractivity contribution < 1.29 is 19.1 Å². The average molecular weight is 387 g/mol. The predicted octanol–water partition coefficient (Wildman–Crippen LogP) is 2.34. The normalized spacial score (nSPS) is 15.3. The molecule has 8 heteroatoms. The van der Waals surface area contributed by atoms with E-state index in [0.29, 0.717) is 46.8 Å². The third-order valence-corrected chi connectivity index (χ3v) is 4.93. The van der Waals surface area contributed by atoms with E-state index in [-0.39, 0.29) is 23.5 Å². The fourth-order valence-electron chi connectivity index (χ4n) is 2.77. The topological polar surface area (TPSA) is 90.4 Å². The van der Waals surface area contributed by atoms with Crippen LogP contribution in [0.15, 0.2) is 29.3 Å². The quantitative estimate of drug-likeness (QED) is 0.462. The van der Waals surface area contributed by atoms with Crippen molar-refractivity contribution in [3.8, 4) is 11.5 Å². The van der Waals surface area contributed by atoms with Crippen LogP contribution in [0.3, 0.4) is 0 Å². The van der Waals surface area contributed by atoms with Crippen molar-refractivity contribution in [1.29, 1.82) is 0 Å². The highest BCUT2D eigenvalue weighted by atomic mass is 32.2. The average Bonchev–Trinajstić information content (AvgIpc) is 2.63. The molecule has 7 nitrogen and oxygen atoms in total. The van der Waals surface area contributed by atoms with Crippen molar-refractivity contribution >= 4 is 23.5 Å². The van der Waals surface area contributed by atoms with Gasteiger partial charge in [0.1, 0.15) is 23.6 Å². The standard InChI is InChI=1S/C19H21N3O4S/c1-11-18(12(2)23)19(22-13(3)21-11)27-10-17(24)20-8-14-9-25-15-6-4-5-7-16(15)26-14/h4-7,14H,8-10H2,1-3H3,(H,20,24)/t14-/m1/s1. The smallest absolute Gasteiger partial charge is 0.230 e. The molecule has 1 amide bonds. The molecule has 0 saturated carbocycles. The van der Waals surface area contributed by atoms with Crippen molar-refractivity contribution in [1.82, 2.24) is 15.3 Å². The molecule has 0 spiro atoms. The van der Waals surface area contributed by atoms with Crippen LogP contribution in [-0.4, -0.2) is 46.7 Å². The summed E-state index contributed by atoms with van der Waals surface area (Å²) in [5.41, 5.74) is 1.10. The maximum atomic E-state index is 12.2. The zero-order valence-corrected chi connectivity index (χ0v) is 16.3. The first-order chi connectivity index (χ1) is 12.9. The van der Waals surface area contributed by atoms with Gasteiger partial charge in [0.15, 0.2) is 17.3 Å². The molecule has 0 fully saturated rings. The minimum absolute atomic E-state index is 0.109. The first-order valence-electron chi connectivity index (χ1n) is 8.58. The summed E-state index contributed by atoms with van der Waals surface area (Å²) >= 11 is 1.23. The number of hydrogen-bond donors (Lipinski definition) is 1. The highest BCUT2D eigenvalue weighted by Crippen LogP contribution is 2.30. The Morgan fingerprint density at radius 3 is 2.70 bits per heavy atom. The Kier molecular flexibility index (Phi) is 5.95. The number of nitrogens with zero attached hydrogens (tertiary/aromatic N) is 2. The highest BCUT2D eigenvalue weighted by molar-refractivity contribution is 8.00. The molecule has 1 aromatic carbocycles. The van der Waals surface area contributed by atoms with Gasteiger partial charge in [-0.2, -0.15) is 0 Å². The Balaban J connectivity index is 1.53. The van der Waals surface area contributed by atoms with E-state index in [1.165, 1.54) is 18.7 Å². The van der Waals surface area contributed by atoms with Gasteiger partial charge in [-0.15, -0.1) is 0 Å². The number of ether oxygens (including phenoxy) is 2. The first-order valence-corrected chi connectivity index (χ1v) is 9.56. The molecule has 0 saturated heterocycles. The molecule has 27 heavy (non-hydrogen) atoms. The lowest BCUT2D eigenvalue weighted by molar-refractivity contribution is -0.119. The monoisotopic (exact) mass is 387 g/mol. The van der Waals surface area contributed by atoms with Gasteiger partial charge >= 0.3 is 0 Å². The first kappa shape index (κ1) is 19.2. The SMILES string of the molecule is CC(=O)c1c(C)nc(C)nc1SCC(=O)NC[C@@H]1COc2ccccc2O1. The predicted molar refractivity (Wildman–Crippen MR) is 102 cm³/mol. The highest BCUT2D eigenvalue weighted by Gasteiger charge is 2.21. The lowest BCUT2D eigenvalue weighted by Crippen LogP contribution is -2.41. The number of benzene rings is 1. The molecule has 3 rings (SSSR count). The summed E-state index contributed by atoms with van der Waals surface area (Å²) in [5, 5.41) is 3.37. The number of fused-ring (bicyclic) bond motifs is 1. The molecule has 1 aromatic heterocycles. The van der Waals surface area contributed by atoms with Crippen LogP contribution in [0.1, 0.15) is 28.8 Å². The van der Waals surface area contributed by atoms with Crippen LogP contribution in [0.4, 0.5) is 0 Å². The Morgan fingerprint density at radius 1 is 1.22 bits per heavy atom. The van der Waals surface area contributed by atoms with Gasteiger partial charge < -0.3 is 14.8 Å². The zero-order chi connectivity index (χ0) is 19.4. The lowest BCUT2D eigenvalue weighted by Gasteiger charge is -2.26. The third kappa shape index (κ3) is 4.77. The Morgan fingerprint density at radius 2 is 1.96 bits per heavy atom. The van der Waals surface area contributed by atoms with Crippen LogP contribution >= 0.6 is 11.8 Å². The third-order valence-electron chi connectivity index (χ3n) is 3.95. The summed E-state index contributed by atoms with van der Waals surface area (Å²) < 4.78 is 11.4. The second-order valence-corrected chi connectivity index (χ2v) is 7.15. The number of amides is 1. The van der Waals surface area contributed by atoms with Crippen LogP contribution < -0.4 is 14.8 Å². The zero-order valence-electron chi connectivity index (χ0n) is 15.4. The van der Waals surface area contributed by atoms with Gasteiger partial charge in [-0.25, -0.2) is 9.97 Å². The number of ketones is 1. The molecular formula is C19H21N3O4S. The van der Waals surface area contributed by atoms with Gasteiger partial charge in [-0.3, -0.25) is 9.59 Å². The van der Waals surface area contributed by atoms with Gasteiger partial charge in [0.25, 0.3) is 0 Å². The summed E-state index contributed by atoms with van der Waals surface area (Å²) in [4.78, 5) is 32.6. The molecular weight excluding hydrogens is 366 g/mol. The van der Waals surface area contributed by atoms with Crippen LogP contribution in [-0.2, 0) is 4.79 Å². The van der Waals surface area contributed by atoms with Gasteiger partial charge in [0, 0.05) is 0 Å². The van der Waals surface area contributed by atoms with Crippen molar-refractivity contribution in [3.63, 3.8) is 0 Å². The minimum atomic E-state index is -0.245. The van der Waals surface area contributed by atoms with Gasteiger partial charge in [0.2, 0.25) is 5.91 Å². The summed E-state index contributed by atoms with van der Waals surface area (Å²) in [5.74, 6) is 1.84. The lowest BCUT2D eigenvalue weighted by atomic mass is 10.2. The van der Waals surface area contributed by atoms with Crippen LogP contribution in [0.25, 0.3) is 0 Å². The summed E-state index contributed by atoms with van der Waals surface area (Å²) in [6, 6.07) is 7.44. The number of thioether (sulfide) groups is 1. The second-order valence-electron chi connectivity index (χ2n) is 6.18. The Hall–Kier alpha value is -2.61. The number of Topliss-reactive ketones (excluding diaryl/α,β-unsaturated/α-hetero) is 1. The van der Waals surface area contributed by atoms with Crippen LogP contribution in [0.5, 0.6) is 11.5 Å². The molecule has 2 heterocycles. The molecule has 0 bridgehead atoms. The van der Waals surface area contributed by atoms with E-state index in [0.717, 1.165) is 0 Å². The maximum Gasteiger partial charge on any atom is 0.230 e.